The number of amides is 1. The van der Waals surface area contributed by atoms with Gasteiger partial charge in [0.15, 0.2) is 5.60 Å². The van der Waals surface area contributed by atoms with Gasteiger partial charge in [0.25, 0.3) is 5.91 Å². The van der Waals surface area contributed by atoms with Gasteiger partial charge in [-0.1, -0.05) is 84.9 Å². The van der Waals surface area contributed by atoms with E-state index in [0.717, 1.165) is 0 Å². The average molecular weight is 439 g/mol. The Morgan fingerprint density at radius 2 is 1.42 bits per heavy atom. The van der Waals surface area contributed by atoms with Crippen LogP contribution in [-0.2, 0) is 10.4 Å². The molecule has 1 heterocycles. The molecule has 1 amide bonds. The summed E-state index contributed by atoms with van der Waals surface area (Å²) < 4.78 is 5.68. The Labute approximate surface area is 189 Å². The number of carboxylic acids is 1. The predicted molar refractivity (Wildman–Crippen MR) is 120 cm³/mol. The van der Waals surface area contributed by atoms with Gasteiger partial charge >= 0.3 is 0 Å². The lowest BCUT2D eigenvalue weighted by Gasteiger charge is -2.26. The standard InChI is InChI=1S/C26H20N2O5/c29-24(30)19-13-11-18(12-14-19)23-16-15-22(33-23)17-27-28-25(31)26(32,20-7-3-1-4-8-20)21-9-5-2-6-10-21/h1-17,32H,(H,28,31)(H,29,30)/p-1/b27-17+. The number of rotatable bonds is 7. The summed E-state index contributed by atoms with van der Waals surface area (Å²) in [5.74, 6) is -1.12. The zero-order valence-electron chi connectivity index (χ0n) is 17.3. The molecular weight excluding hydrogens is 420 g/mol. The Bertz CT molecular complexity index is 1240. The third-order valence-corrected chi connectivity index (χ3v) is 5.10. The van der Waals surface area contributed by atoms with E-state index in [2.05, 4.69) is 10.5 Å². The van der Waals surface area contributed by atoms with Crippen LogP contribution in [0.15, 0.2) is 107 Å². The van der Waals surface area contributed by atoms with E-state index in [-0.39, 0.29) is 5.56 Å². The monoisotopic (exact) mass is 439 g/mol. The number of carbonyl (C=O) groups is 2. The summed E-state index contributed by atoms with van der Waals surface area (Å²) in [6.07, 6.45) is 1.31. The number of benzene rings is 3. The number of hydrogen-bond donors (Lipinski definition) is 2. The van der Waals surface area contributed by atoms with E-state index >= 15 is 0 Å². The highest BCUT2D eigenvalue weighted by Crippen LogP contribution is 2.30. The molecule has 0 bridgehead atoms. The fraction of sp³-hybridized carbons (Fsp3) is 0.0385. The SMILES string of the molecule is O=C([O-])c1ccc(-c2ccc(/C=N/NC(=O)C(O)(c3ccccc3)c3ccccc3)o2)cc1. The average Bonchev–Trinajstić information content (AvgIpc) is 3.33. The first-order valence-electron chi connectivity index (χ1n) is 10.1. The highest BCUT2D eigenvalue weighted by molar-refractivity contribution is 5.91. The molecule has 4 aromatic rings. The minimum Gasteiger partial charge on any atom is -0.545 e. The van der Waals surface area contributed by atoms with Gasteiger partial charge in [-0.3, -0.25) is 4.79 Å². The van der Waals surface area contributed by atoms with E-state index in [9.17, 15) is 19.8 Å². The molecule has 164 valence electrons. The van der Waals surface area contributed by atoms with Crippen molar-refractivity contribution in [3.8, 4) is 11.3 Å². The van der Waals surface area contributed by atoms with Crippen LogP contribution >= 0.6 is 0 Å². The van der Waals surface area contributed by atoms with Crippen molar-refractivity contribution in [3.05, 3.63) is 120 Å². The van der Waals surface area contributed by atoms with Crippen LogP contribution in [0.1, 0.15) is 27.2 Å². The van der Waals surface area contributed by atoms with Gasteiger partial charge in [-0.2, -0.15) is 5.10 Å². The minimum atomic E-state index is -1.94. The van der Waals surface area contributed by atoms with Gasteiger partial charge < -0.3 is 19.4 Å². The molecule has 0 fully saturated rings. The lowest BCUT2D eigenvalue weighted by Crippen LogP contribution is -2.43. The Balaban J connectivity index is 1.51. The minimum absolute atomic E-state index is 0.0686. The molecule has 0 unspecified atom stereocenters. The molecule has 4 rings (SSSR count). The number of aliphatic hydroxyl groups is 1. The van der Waals surface area contributed by atoms with Crippen LogP contribution in [0.2, 0.25) is 0 Å². The maximum Gasteiger partial charge on any atom is 0.281 e. The Kier molecular flexibility index (Phi) is 6.15. The first-order valence-corrected chi connectivity index (χ1v) is 10.1. The molecular formula is C26H19N2O5-. The van der Waals surface area contributed by atoms with Crippen LogP contribution in [0, 0.1) is 0 Å². The molecule has 0 spiro atoms. The predicted octanol–water partition coefficient (Wildman–Crippen LogP) is 2.70. The maximum absolute atomic E-state index is 13.0. The number of carboxylic acid groups (broad SMARTS) is 1. The molecule has 3 aromatic carbocycles. The molecule has 7 nitrogen and oxygen atoms in total. The van der Waals surface area contributed by atoms with Gasteiger partial charge in [0.1, 0.15) is 11.5 Å². The van der Waals surface area contributed by atoms with Crippen LogP contribution in [-0.4, -0.2) is 23.2 Å². The van der Waals surface area contributed by atoms with Gasteiger partial charge in [-0.15, -0.1) is 0 Å². The van der Waals surface area contributed by atoms with E-state index in [1.54, 1.807) is 84.9 Å². The van der Waals surface area contributed by atoms with Crippen LogP contribution in [0.25, 0.3) is 11.3 Å². The van der Waals surface area contributed by atoms with Crippen molar-refractivity contribution < 1.29 is 24.2 Å². The third kappa shape index (κ3) is 4.58. The van der Waals surface area contributed by atoms with Crippen molar-refractivity contribution in [1.29, 1.82) is 0 Å². The van der Waals surface area contributed by atoms with E-state index in [1.807, 2.05) is 0 Å². The molecule has 1 aromatic heterocycles. The topological polar surface area (TPSA) is 115 Å². The first kappa shape index (κ1) is 21.7. The van der Waals surface area contributed by atoms with Crippen molar-refractivity contribution in [2.75, 3.05) is 0 Å². The van der Waals surface area contributed by atoms with Crippen LogP contribution in [0.5, 0.6) is 0 Å². The number of hydrogen-bond acceptors (Lipinski definition) is 6. The summed E-state index contributed by atoms with van der Waals surface area (Å²) in [4.78, 5) is 23.9. The quantitative estimate of drug-likeness (QED) is 0.339. The third-order valence-electron chi connectivity index (χ3n) is 5.10. The molecule has 0 atom stereocenters. The molecule has 0 saturated carbocycles. The second kappa shape index (κ2) is 9.33. The molecule has 0 aliphatic carbocycles. The van der Waals surface area contributed by atoms with Gasteiger partial charge in [0, 0.05) is 5.56 Å². The zero-order valence-corrected chi connectivity index (χ0v) is 17.3. The molecule has 0 aliphatic heterocycles. The van der Waals surface area contributed by atoms with Crippen molar-refractivity contribution >= 4 is 18.1 Å². The molecule has 0 saturated heterocycles. The number of hydrazone groups is 1. The summed E-state index contributed by atoms with van der Waals surface area (Å²) in [5, 5.41) is 26.2. The highest BCUT2D eigenvalue weighted by atomic mass is 16.4. The number of nitrogens with one attached hydrogen (secondary N) is 1. The summed E-state index contributed by atoms with van der Waals surface area (Å²) in [5.41, 5.74) is 2.00. The summed E-state index contributed by atoms with van der Waals surface area (Å²) >= 11 is 0. The van der Waals surface area contributed by atoms with Crippen LogP contribution < -0.4 is 10.5 Å². The number of carbonyl (C=O) groups excluding carboxylic acids is 2. The molecule has 0 aliphatic rings. The highest BCUT2D eigenvalue weighted by Gasteiger charge is 2.39. The van der Waals surface area contributed by atoms with Crippen molar-refractivity contribution in [3.63, 3.8) is 0 Å². The van der Waals surface area contributed by atoms with Crippen molar-refractivity contribution in [2.45, 2.75) is 5.60 Å². The maximum atomic E-state index is 13.0. The first-order chi connectivity index (χ1) is 16.0. The molecule has 33 heavy (non-hydrogen) atoms. The molecule has 2 N–H and O–H groups in total. The fourth-order valence-electron chi connectivity index (χ4n) is 3.37. The number of aromatic carboxylic acids is 1. The van der Waals surface area contributed by atoms with Gasteiger partial charge in [-0.05, 0) is 28.8 Å². The van der Waals surface area contributed by atoms with Crippen molar-refractivity contribution in [2.24, 2.45) is 5.10 Å². The van der Waals surface area contributed by atoms with Crippen molar-refractivity contribution in [1.82, 2.24) is 5.43 Å². The largest absolute Gasteiger partial charge is 0.545 e. The fourth-order valence-corrected chi connectivity index (χ4v) is 3.37. The molecule has 0 radical (unpaired) electrons. The van der Waals surface area contributed by atoms with E-state index in [1.165, 1.54) is 18.3 Å². The van der Waals surface area contributed by atoms with Crippen LogP contribution in [0.3, 0.4) is 0 Å². The molecule has 7 heteroatoms. The van der Waals surface area contributed by atoms with Gasteiger partial charge in [-0.25, -0.2) is 5.43 Å². The van der Waals surface area contributed by atoms with E-state index < -0.39 is 17.5 Å². The lowest BCUT2D eigenvalue weighted by molar-refractivity contribution is -0.255. The second-order valence-corrected chi connectivity index (χ2v) is 7.21. The summed E-state index contributed by atoms with van der Waals surface area (Å²) in [6.45, 7) is 0. The second-order valence-electron chi connectivity index (χ2n) is 7.21. The normalized spacial score (nSPS) is 11.4. The smallest absolute Gasteiger partial charge is 0.281 e. The summed E-state index contributed by atoms with van der Waals surface area (Å²) in [6, 6.07) is 26.6. The summed E-state index contributed by atoms with van der Waals surface area (Å²) in [7, 11) is 0. The Morgan fingerprint density at radius 1 is 0.848 bits per heavy atom. The Morgan fingerprint density at radius 3 is 1.97 bits per heavy atom. The van der Waals surface area contributed by atoms with E-state index in [0.29, 0.717) is 28.2 Å². The van der Waals surface area contributed by atoms with E-state index in [4.69, 9.17) is 4.42 Å². The number of furan rings is 1. The number of nitrogens with zero attached hydrogens (tertiary/aromatic N) is 1. The van der Waals surface area contributed by atoms with Crippen LogP contribution in [0.4, 0.5) is 0 Å². The van der Waals surface area contributed by atoms with Gasteiger partial charge in [0.2, 0.25) is 0 Å². The zero-order chi connectivity index (χ0) is 23.3. The lowest BCUT2D eigenvalue weighted by atomic mass is 9.85. The Hall–Kier alpha value is -4.49. The van der Waals surface area contributed by atoms with Gasteiger partial charge in [0.05, 0.1) is 12.2 Å².